The summed E-state index contributed by atoms with van der Waals surface area (Å²) >= 11 is 5.67. The summed E-state index contributed by atoms with van der Waals surface area (Å²) in [7, 11) is 0. The molecule has 1 atom stereocenters. The van der Waals surface area contributed by atoms with Crippen molar-refractivity contribution < 1.29 is 19.6 Å². The molecule has 8 nitrogen and oxygen atoms in total. The highest BCUT2D eigenvalue weighted by molar-refractivity contribution is 6.29. The molecule has 1 amide bonds. The van der Waals surface area contributed by atoms with Gasteiger partial charge in [-0.05, 0) is 13.0 Å². The molecule has 0 radical (unpaired) electrons. The number of rotatable bonds is 6. The van der Waals surface area contributed by atoms with E-state index in [4.69, 9.17) is 16.7 Å². The number of carboxylic acids is 1. The van der Waals surface area contributed by atoms with Crippen LogP contribution in [-0.4, -0.2) is 44.9 Å². The minimum Gasteiger partial charge on any atom is -0.481 e. The van der Waals surface area contributed by atoms with Crippen LogP contribution in [0.5, 0.6) is 0 Å². The predicted molar refractivity (Wildman–Crippen MR) is 74.3 cm³/mol. The van der Waals surface area contributed by atoms with Crippen molar-refractivity contribution in [1.29, 1.82) is 0 Å². The summed E-state index contributed by atoms with van der Waals surface area (Å²) in [5.41, 5.74) is -0.676. The molecule has 0 fully saturated rings. The number of amides is 1. The van der Waals surface area contributed by atoms with E-state index >= 15 is 0 Å². The molecule has 1 rings (SSSR count). The van der Waals surface area contributed by atoms with E-state index in [1.54, 1.807) is 6.92 Å². The Hall–Kier alpha value is -2.22. The fraction of sp³-hybridized carbons (Fsp3) is 0.417. The van der Waals surface area contributed by atoms with Crippen molar-refractivity contribution in [3.8, 4) is 0 Å². The normalized spacial score (nSPS) is 11.8. The molecular formula is C12H14ClN3O5. The first-order valence-electron chi connectivity index (χ1n) is 6.09. The van der Waals surface area contributed by atoms with Gasteiger partial charge >= 0.3 is 5.97 Å². The molecule has 0 aromatic carbocycles. The summed E-state index contributed by atoms with van der Waals surface area (Å²) in [6, 6.07) is 1.11. The Labute approximate surface area is 125 Å². The van der Waals surface area contributed by atoms with Crippen molar-refractivity contribution in [2.45, 2.75) is 13.8 Å². The van der Waals surface area contributed by atoms with Gasteiger partial charge in [-0.15, -0.1) is 0 Å². The number of nitro groups is 1. The van der Waals surface area contributed by atoms with Crippen molar-refractivity contribution in [3.05, 3.63) is 33.1 Å². The summed E-state index contributed by atoms with van der Waals surface area (Å²) in [6.45, 7) is 3.27. The Kier molecular flexibility index (Phi) is 5.60. The molecule has 9 heteroatoms. The highest BCUT2D eigenvalue weighted by Crippen LogP contribution is 2.22. The lowest BCUT2D eigenvalue weighted by atomic mass is 10.1. The smallest absolute Gasteiger partial charge is 0.308 e. The van der Waals surface area contributed by atoms with Gasteiger partial charge in [0.1, 0.15) is 16.9 Å². The van der Waals surface area contributed by atoms with Crippen molar-refractivity contribution in [2.75, 3.05) is 13.1 Å². The number of aromatic nitrogens is 1. The van der Waals surface area contributed by atoms with E-state index in [2.05, 4.69) is 4.98 Å². The second kappa shape index (κ2) is 6.98. The van der Waals surface area contributed by atoms with Crippen molar-refractivity contribution in [2.24, 2.45) is 5.92 Å². The molecule has 0 saturated carbocycles. The number of pyridine rings is 1. The van der Waals surface area contributed by atoms with Crippen molar-refractivity contribution >= 4 is 29.2 Å². The van der Waals surface area contributed by atoms with Crippen molar-refractivity contribution in [1.82, 2.24) is 9.88 Å². The van der Waals surface area contributed by atoms with Crippen LogP contribution < -0.4 is 0 Å². The molecule has 0 aliphatic rings. The minimum absolute atomic E-state index is 0.0497. The van der Waals surface area contributed by atoms with E-state index in [9.17, 15) is 19.7 Å². The van der Waals surface area contributed by atoms with Crippen LogP contribution >= 0.6 is 11.6 Å². The monoisotopic (exact) mass is 315 g/mol. The summed E-state index contributed by atoms with van der Waals surface area (Å²) in [5, 5.41) is 19.8. The second-order valence-corrected chi connectivity index (χ2v) is 4.75. The third-order valence-corrected chi connectivity index (χ3v) is 3.07. The van der Waals surface area contributed by atoms with Gasteiger partial charge in [0.05, 0.1) is 10.8 Å². The Balaban J connectivity index is 3.13. The first-order valence-corrected chi connectivity index (χ1v) is 6.47. The van der Waals surface area contributed by atoms with Crippen LogP contribution in [0.25, 0.3) is 0 Å². The number of aliphatic carboxylic acids is 1. The lowest BCUT2D eigenvalue weighted by Gasteiger charge is -2.22. The Morgan fingerprint density at radius 2 is 2.19 bits per heavy atom. The fourth-order valence-electron chi connectivity index (χ4n) is 1.67. The van der Waals surface area contributed by atoms with Gasteiger partial charge in [0.15, 0.2) is 0 Å². The average molecular weight is 316 g/mol. The molecule has 0 aliphatic carbocycles. The molecule has 1 aromatic heterocycles. The molecule has 1 aromatic rings. The highest BCUT2D eigenvalue weighted by Gasteiger charge is 2.27. The molecule has 21 heavy (non-hydrogen) atoms. The molecule has 0 bridgehead atoms. The maximum atomic E-state index is 12.4. The predicted octanol–water partition coefficient (Wildman–Crippen LogP) is 1.83. The topological polar surface area (TPSA) is 114 Å². The lowest BCUT2D eigenvalue weighted by Crippen LogP contribution is -2.37. The summed E-state index contributed by atoms with van der Waals surface area (Å²) in [6.07, 6.45) is 0.907. The van der Waals surface area contributed by atoms with Crippen LogP contribution in [-0.2, 0) is 4.79 Å². The number of hydrogen-bond donors (Lipinski definition) is 1. The zero-order valence-corrected chi connectivity index (χ0v) is 12.2. The average Bonchev–Trinajstić information content (AvgIpc) is 2.43. The molecule has 0 saturated heterocycles. The fourth-order valence-corrected chi connectivity index (χ4v) is 1.83. The number of halogens is 1. The first kappa shape index (κ1) is 16.8. The van der Waals surface area contributed by atoms with E-state index < -0.39 is 28.4 Å². The minimum atomic E-state index is -1.05. The van der Waals surface area contributed by atoms with E-state index in [1.165, 1.54) is 11.8 Å². The highest BCUT2D eigenvalue weighted by atomic mass is 35.5. The van der Waals surface area contributed by atoms with Gasteiger partial charge in [-0.1, -0.05) is 18.5 Å². The number of carbonyl (C=O) groups excluding carboxylic acids is 1. The number of carbonyl (C=O) groups is 2. The third kappa shape index (κ3) is 4.12. The van der Waals surface area contributed by atoms with Gasteiger partial charge in [0, 0.05) is 13.1 Å². The molecule has 114 valence electrons. The summed E-state index contributed by atoms with van der Waals surface area (Å²) in [4.78, 5) is 38.2. The first-order chi connectivity index (χ1) is 9.77. The van der Waals surface area contributed by atoms with Gasteiger partial charge in [-0.2, -0.15) is 0 Å². The Morgan fingerprint density at radius 1 is 1.57 bits per heavy atom. The number of carboxylic acid groups (broad SMARTS) is 1. The van der Waals surface area contributed by atoms with E-state index in [1.807, 2.05) is 0 Å². The van der Waals surface area contributed by atoms with E-state index in [-0.39, 0.29) is 23.8 Å². The van der Waals surface area contributed by atoms with Crippen LogP contribution in [0.2, 0.25) is 5.15 Å². The molecular weight excluding hydrogens is 302 g/mol. The van der Waals surface area contributed by atoms with E-state index in [0.29, 0.717) is 0 Å². The van der Waals surface area contributed by atoms with Gasteiger partial charge in [0.2, 0.25) is 0 Å². The Bertz CT molecular complexity index is 578. The van der Waals surface area contributed by atoms with Gasteiger partial charge in [0.25, 0.3) is 11.6 Å². The van der Waals surface area contributed by atoms with Crippen LogP contribution in [0.1, 0.15) is 24.2 Å². The lowest BCUT2D eigenvalue weighted by molar-refractivity contribution is -0.385. The quantitative estimate of drug-likeness (QED) is 0.486. The largest absolute Gasteiger partial charge is 0.481 e. The standard InChI is InChI=1S/C12H14ClN3O5/c1-3-15(6-7(2)12(18)19)11(17)8-4-10(13)14-5-9(8)16(20)21/h4-5,7H,3,6H2,1-2H3,(H,18,19). The van der Waals surface area contributed by atoms with Crippen LogP contribution in [0.3, 0.4) is 0 Å². The molecule has 1 N–H and O–H groups in total. The third-order valence-electron chi connectivity index (χ3n) is 2.86. The van der Waals surface area contributed by atoms with E-state index in [0.717, 1.165) is 12.3 Å². The van der Waals surface area contributed by atoms with Crippen molar-refractivity contribution in [3.63, 3.8) is 0 Å². The maximum absolute atomic E-state index is 12.4. The summed E-state index contributed by atoms with van der Waals surface area (Å²) < 4.78 is 0. The zero-order valence-electron chi connectivity index (χ0n) is 11.4. The SMILES string of the molecule is CCN(CC(C)C(=O)O)C(=O)c1cc(Cl)ncc1[N+](=O)[O-]. The van der Waals surface area contributed by atoms with Gasteiger partial charge < -0.3 is 10.0 Å². The molecule has 0 aliphatic heterocycles. The van der Waals surface area contributed by atoms with Gasteiger partial charge in [-0.25, -0.2) is 4.98 Å². The maximum Gasteiger partial charge on any atom is 0.308 e. The van der Waals surface area contributed by atoms with Gasteiger partial charge in [-0.3, -0.25) is 19.7 Å². The molecule has 0 spiro atoms. The van der Waals surface area contributed by atoms with Crippen LogP contribution in [0, 0.1) is 16.0 Å². The molecule has 1 heterocycles. The molecule has 1 unspecified atom stereocenters. The Morgan fingerprint density at radius 3 is 2.67 bits per heavy atom. The number of nitrogens with zero attached hydrogens (tertiary/aromatic N) is 3. The van der Waals surface area contributed by atoms with Crippen LogP contribution in [0.4, 0.5) is 5.69 Å². The second-order valence-electron chi connectivity index (χ2n) is 4.36. The van der Waals surface area contributed by atoms with Crippen LogP contribution in [0.15, 0.2) is 12.3 Å². The zero-order chi connectivity index (χ0) is 16.2. The number of hydrogen-bond acceptors (Lipinski definition) is 5. The summed E-state index contributed by atoms with van der Waals surface area (Å²) in [5.74, 6) is -2.49.